The highest BCUT2D eigenvalue weighted by atomic mass is 35.5. The third-order valence-electron chi connectivity index (χ3n) is 2.70. The van der Waals surface area contributed by atoms with E-state index in [0.29, 0.717) is 0 Å². The Balaban J connectivity index is 2.54. The molecule has 106 valence electrons. The Bertz CT molecular complexity index is 736. The summed E-state index contributed by atoms with van der Waals surface area (Å²) in [5, 5.41) is 0.106. The molecule has 8 heteroatoms. The number of halogens is 2. The van der Waals surface area contributed by atoms with Crippen molar-refractivity contribution in [3.05, 3.63) is 46.6 Å². The third kappa shape index (κ3) is 2.54. The van der Waals surface area contributed by atoms with Crippen LogP contribution < -0.4 is 10.0 Å². The number of rotatable bonds is 3. The average molecular weight is 332 g/mol. The highest BCUT2D eigenvalue weighted by molar-refractivity contribution is 7.93. The van der Waals surface area contributed by atoms with Gasteiger partial charge >= 0.3 is 0 Å². The van der Waals surface area contributed by atoms with E-state index in [0.717, 1.165) is 4.31 Å². The molecule has 1 aromatic heterocycles. The largest absolute Gasteiger partial charge is 0.396 e. The fourth-order valence-corrected chi connectivity index (χ4v) is 3.45. The quantitative estimate of drug-likeness (QED) is 0.877. The summed E-state index contributed by atoms with van der Waals surface area (Å²) in [5.74, 6) is 0.275. The molecule has 0 aliphatic rings. The van der Waals surface area contributed by atoms with Crippen LogP contribution in [0, 0.1) is 0 Å². The van der Waals surface area contributed by atoms with Crippen LogP contribution in [0.1, 0.15) is 0 Å². The normalized spacial score (nSPS) is 11.3. The van der Waals surface area contributed by atoms with Gasteiger partial charge in [0.15, 0.2) is 0 Å². The monoisotopic (exact) mass is 331 g/mol. The van der Waals surface area contributed by atoms with Crippen molar-refractivity contribution in [2.45, 2.75) is 4.90 Å². The van der Waals surface area contributed by atoms with E-state index in [1.54, 1.807) is 18.2 Å². The number of sulfonamides is 1. The van der Waals surface area contributed by atoms with Gasteiger partial charge in [0.1, 0.15) is 10.7 Å². The lowest BCUT2D eigenvalue weighted by Crippen LogP contribution is -2.27. The van der Waals surface area contributed by atoms with Gasteiger partial charge in [0.2, 0.25) is 0 Å². The summed E-state index contributed by atoms with van der Waals surface area (Å²) >= 11 is 11.8. The van der Waals surface area contributed by atoms with Crippen molar-refractivity contribution < 1.29 is 8.42 Å². The molecular formula is C12H11Cl2N3O2S. The lowest BCUT2D eigenvalue weighted by atomic mass is 10.3. The highest BCUT2D eigenvalue weighted by Crippen LogP contribution is 2.34. The van der Waals surface area contributed by atoms with Crippen LogP contribution in [-0.2, 0) is 10.0 Å². The van der Waals surface area contributed by atoms with Gasteiger partial charge in [-0.1, -0.05) is 29.3 Å². The lowest BCUT2D eigenvalue weighted by molar-refractivity contribution is 0.594. The van der Waals surface area contributed by atoms with Gasteiger partial charge in [0.05, 0.1) is 15.7 Å². The predicted octanol–water partition coefficient (Wildman–Crippen LogP) is 2.80. The Morgan fingerprint density at radius 2 is 1.90 bits per heavy atom. The van der Waals surface area contributed by atoms with Crippen molar-refractivity contribution in [3.8, 4) is 0 Å². The van der Waals surface area contributed by atoms with Gasteiger partial charge in [0, 0.05) is 13.2 Å². The number of hydrogen-bond donors (Lipinski definition) is 1. The number of hydrogen-bond acceptors (Lipinski definition) is 4. The molecule has 2 aromatic rings. The van der Waals surface area contributed by atoms with E-state index in [-0.39, 0.29) is 26.4 Å². The molecule has 0 aliphatic carbocycles. The fraction of sp³-hybridized carbons (Fsp3) is 0.0833. The van der Waals surface area contributed by atoms with Gasteiger partial charge < -0.3 is 5.73 Å². The Morgan fingerprint density at radius 1 is 1.20 bits per heavy atom. The van der Waals surface area contributed by atoms with Crippen LogP contribution in [-0.4, -0.2) is 20.4 Å². The second kappa shape index (κ2) is 5.47. The van der Waals surface area contributed by atoms with Crippen LogP contribution in [0.25, 0.3) is 0 Å². The minimum Gasteiger partial charge on any atom is -0.396 e. The SMILES string of the molecule is CN(c1ccccn1)S(=O)(=O)c1ccc(Cl)c(N)c1Cl. The minimum atomic E-state index is -3.86. The molecule has 20 heavy (non-hydrogen) atoms. The molecule has 0 bridgehead atoms. The first-order valence-corrected chi connectivity index (χ1v) is 7.68. The standard InChI is InChI=1S/C12H11Cl2N3O2S/c1-17(10-4-2-3-7-16-10)20(18,19)9-6-5-8(13)12(15)11(9)14/h2-7H,15H2,1H3. The van der Waals surface area contributed by atoms with Gasteiger partial charge in [-0.25, -0.2) is 13.4 Å². The summed E-state index contributed by atoms with van der Waals surface area (Å²) < 4.78 is 26.1. The highest BCUT2D eigenvalue weighted by Gasteiger charge is 2.26. The topological polar surface area (TPSA) is 76.3 Å². The Morgan fingerprint density at radius 3 is 2.50 bits per heavy atom. The molecule has 2 rings (SSSR count). The zero-order valence-electron chi connectivity index (χ0n) is 10.4. The van der Waals surface area contributed by atoms with E-state index < -0.39 is 10.0 Å². The molecule has 0 saturated carbocycles. The lowest BCUT2D eigenvalue weighted by Gasteiger charge is -2.19. The van der Waals surface area contributed by atoms with E-state index in [1.165, 1.54) is 25.4 Å². The van der Waals surface area contributed by atoms with E-state index in [1.807, 2.05) is 0 Å². The number of benzene rings is 1. The number of nitrogens with zero attached hydrogens (tertiary/aromatic N) is 2. The van der Waals surface area contributed by atoms with E-state index in [4.69, 9.17) is 28.9 Å². The molecular weight excluding hydrogens is 321 g/mol. The van der Waals surface area contributed by atoms with Crippen molar-refractivity contribution >= 4 is 44.7 Å². The molecule has 0 unspecified atom stereocenters. The number of nitrogen functional groups attached to an aromatic ring is 1. The van der Waals surface area contributed by atoms with Crippen molar-refractivity contribution in [2.75, 3.05) is 17.1 Å². The predicted molar refractivity (Wildman–Crippen MR) is 80.7 cm³/mol. The van der Waals surface area contributed by atoms with Crippen LogP contribution in [0.2, 0.25) is 10.0 Å². The van der Waals surface area contributed by atoms with Gasteiger partial charge in [-0.2, -0.15) is 0 Å². The van der Waals surface area contributed by atoms with Crippen LogP contribution in [0.4, 0.5) is 11.5 Å². The van der Waals surface area contributed by atoms with Crippen molar-refractivity contribution in [2.24, 2.45) is 0 Å². The molecule has 5 nitrogen and oxygen atoms in total. The molecule has 1 aromatic carbocycles. The summed E-state index contributed by atoms with van der Waals surface area (Å²) in [6.45, 7) is 0. The minimum absolute atomic E-state index is 0.0313. The smallest absolute Gasteiger partial charge is 0.266 e. The van der Waals surface area contributed by atoms with Crippen molar-refractivity contribution in [1.29, 1.82) is 0 Å². The number of aromatic nitrogens is 1. The van der Waals surface area contributed by atoms with Crippen molar-refractivity contribution in [3.63, 3.8) is 0 Å². The van der Waals surface area contributed by atoms with Crippen LogP contribution in [0.15, 0.2) is 41.4 Å². The Labute approximate surface area is 127 Å². The summed E-state index contributed by atoms with van der Waals surface area (Å²) in [6, 6.07) is 7.66. The van der Waals surface area contributed by atoms with Crippen molar-refractivity contribution in [1.82, 2.24) is 4.98 Å². The van der Waals surface area contributed by atoms with E-state index >= 15 is 0 Å². The molecule has 0 radical (unpaired) electrons. The van der Waals surface area contributed by atoms with Gasteiger partial charge in [0.25, 0.3) is 10.0 Å². The maximum atomic E-state index is 12.5. The molecule has 0 saturated heterocycles. The third-order valence-corrected chi connectivity index (χ3v) is 5.35. The van der Waals surface area contributed by atoms with Gasteiger partial charge in [-0.15, -0.1) is 0 Å². The second-order valence-electron chi connectivity index (χ2n) is 3.93. The number of anilines is 2. The molecule has 0 amide bonds. The van der Waals surface area contributed by atoms with Gasteiger partial charge in [-0.05, 0) is 24.3 Å². The molecule has 0 atom stereocenters. The van der Waals surface area contributed by atoms with Gasteiger partial charge in [-0.3, -0.25) is 4.31 Å². The first-order chi connectivity index (χ1) is 9.35. The first kappa shape index (κ1) is 14.9. The summed E-state index contributed by atoms with van der Waals surface area (Å²) in [6.07, 6.45) is 1.50. The summed E-state index contributed by atoms with van der Waals surface area (Å²) in [4.78, 5) is 3.87. The molecule has 0 spiro atoms. The Hall–Kier alpha value is -1.50. The molecule has 0 aliphatic heterocycles. The number of nitrogens with two attached hydrogens (primary N) is 1. The van der Waals surface area contributed by atoms with Crippen LogP contribution in [0.3, 0.4) is 0 Å². The number of pyridine rings is 1. The molecule has 2 N–H and O–H groups in total. The van der Waals surface area contributed by atoms with Crippen LogP contribution >= 0.6 is 23.2 Å². The maximum absolute atomic E-state index is 12.5. The zero-order chi connectivity index (χ0) is 14.9. The van der Waals surface area contributed by atoms with Crippen LogP contribution in [0.5, 0.6) is 0 Å². The first-order valence-electron chi connectivity index (χ1n) is 5.49. The molecule has 0 fully saturated rings. The maximum Gasteiger partial charge on any atom is 0.266 e. The van der Waals surface area contributed by atoms with E-state index in [2.05, 4.69) is 4.98 Å². The van der Waals surface area contributed by atoms with E-state index in [9.17, 15) is 8.42 Å². The summed E-state index contributed by atoms with van der Waals surface area (Å²) in [5.41, 5.74) is 5.69. The average Bonchev–Trinajstić information content (AvgIpc) is 2.44. The zero-order valence-corrected chi connectivity index (χ0v) is 12.7. The molecule has 1 heterocycles. The Kier molecular flexibility index (Phi) is 4.08. The summed E-state index contributed by atoms with van der Waals surface area (Å²) in [7, 11) is -2.47. The second-order valence-corrected chi connectivity index (χ2v) is 6.66. The fourth-order valence-electron chi connectivity index (χ4n) is 1.56.